The standard InChI is InChI=1S/C18H21ClN2O4S/c1-24-16-7-8-17(25-2)18(13-16)26(22,23)21-11-9-20(10-12-21)15-5-3-14(19)4-6-15/h3-8,13H,9-12H2,1-2H3. The lowest BCUT2D eigenvalue weighted by atomic mass is 10.2. The number of halogens is 1. The molecular formula is C18H21ClN2O4S. The van der Waals surface area contributed by atoms with Gasteiger partial charge in [-0.05, 0) is 36.4 Å². The first-order valence-corrected chi connectivity index (χ1v) is 10.00. The summed E-state index contributed by atoms with van der Waals surface area (Å²) in [5.74, 6) is 0.787. The fourth-order valence-electron chi connectivity index (χ4n) is 2.96. The summed E-state index contributed by atoms with van der Waals surface area (Å²) in [5, 5.41) is 0.681. The van der Waals surface area contributed by atoms with Gasteiger partial charge < -0.3 is 14.4 Å². The van der Waals surface area contributed by atoms with Crippen molar-refractivity contribution >= 4 is 27.3 Å². The third-order valence-corrected chi connectivity index (χ3v) is 6.59. The maximum atomic E-state index is 13.1. The van der Waals surface area contributed by atoms with Crippen LogP contribution in [0.15, 0.2) is 47.4 Å². The molecule has 2 aromatic rings. The number of hydrogen-bond donors (Lipinski definition) is 0. The van der Waals surface area contributed by atoms with Gasteiger partial charge in [0.2, 0.25) is 10.0 Å². The SMILES string of the molecule is COc1ccc(OC)c(S(=O)(=O)N2CCN(c3ccc(Cl)cc3)CC2)c1. The smallest absolute Gasteiger partial charge is 0.247 e. The molecule has 0 saturated carbocycles. The maximum Gasteiger partial charge on any atom is 0.247 e. The molecule has 6 nitrogen and oxygen atoms in total. The van der Waals surface area contributed by atoms with E-state index >= 15 is 0 Å². The van der Waals surface area contributed by atoms with Crippen LogP contribution in [0.1, 0.15) is 0 Å². The number of methoxy groups -OCH3 is 2. The first-order valence-electron chi connectivity index (χ1n) is 8.18. The minimum atomic E-state index is -3.67. The molecule has 1 aliphatic rings. The van der Waals surface area contributed by atoms with E-state index in [1.807, 2.05) is 24.3 Å². The molecule has 0 spiro atoms. The largest absolute Gasteiger partial charge is 0.497 e. The third kappa shape index (κ3) is 3.75. The number of nitrogens with zero attached hydrogens (tertiary/aromatic N) is 2. The Bertz CT molecular complexity index is 863. The van der Waals surface area contributed by atoms with E-state index in [1.165, 1.54) is 24.6 Å². The first kappa shape index (κ1) is 18.8. The molecule has 0 N–H and O–H groups in total. The lowest BCUT2D eigenvalue weighted by molar-refractivity contribution is 0.371. The van der Waals surface area contributed by atoms with E-state index in [2.05, 4.69) is 4.90 Å². The zero-order valence-electron chi connectivity index (χ0n) is 14.7. The molecule has 1 saturated heterocycles. The summed E-state index contributed by atoms with van der Waals surface area (Å²) in [7, 11) is -0.708. The number of rotatable bonds is 5. The summed E-state index contributed by atoms with van der Waals surface area (Å²) >= 11 is 5.93. The van der Waals surface area contributed by atoms with Gasteiger partial charge in [0.15, 0.2) is 0 Å². The van der Waals surface area contributed by atoms with Crippen LogP contribution >= 0.6 is 11.6 Å². The summed E-state index contributed by atoms with van der Waals surface area (Å²) in [5.41, 5.74) is 1.03. The van der Waals surface area contributed by atoms with Crippen LogP contribution in [-0.4, -0.2) is 53.1 Å². The third-order valence-electron chi connectivity index (χ3n) is 4.42. The average Bonchev–Trinajstić information content (AvgIpc) is 2.68. The molecular weight excluding hydrogens is 376 g/mol. The second kappa shape index (κ2) is 7.73. The molecule has 8 heteroatoms. The quantitative estimate of drug-likeness (QED) is 0.777. The van der Waals surface area contributed by atoms with Crippen molar-refractivity contribution < 1.29 is 17.9 Å². The molecule has 0 unspecified atom stereocenters. The van der Waals surface area contributed by atoms with Gasteiger partial charge in [0, 0.05) is 43.0 Å². The summed E-state index contributed by atoms with van der Waals surface area (Å²) < 4.78 is 38.0. The van der Waals surface area contributed by atoms with Crippen LogP contribution in [0.5, 0.6) is 11.5 Å². The van der Waals surface area contributed by atoms with Crippen molar-refractivity contribution in [2.45, 2.75) is 4.90 Å². The first-order chi connectivity index (χ1) is 12.5. The van der Waals surface area contributed by atoms with E-state index in [1.54, 1.807) is 12.1 Å². The van der Waals surface area contributed by atoms with Gasteiger partial charge in [0.25, 0.3) is 0 Å². The van der Waals surface area contributed by atoms with E-state index < -0.39 is 10.0 Å². The molecule has 1 fully saturated rings. The molecule has 0 atom stereocenters. The Balaban J connectivity index is 1.79. The number of hydrogen-bond acceptors (Lipinski definition) is 5. The molecule has 0 radical (unpaired) electrons. The van der Waals surface area contributed by atoms with Crippen molar-refractivity contribution in [3.05, 3.63) is 47.5 Å². The predicted octanol–water partition coefficient (Wildman–Crippen LogP) is 2.87. The van der Waals surface area contributed by atoms with Gasteiger partial charge in [0.1, 0.15) is 16.4 Å². The average molecular weight is 397 g/mol. The van der Waals surface area contributed by atoms with Gasteiger partial charge in [-0.2, -0.15) is 4.31 Å². The van der Waals surface area contributed by atoms with Gasteiger partial charge in [-0.15, -0.1) is 0 Å². The molecule has 0 amide bonds. The van der Waals surface area contributed by atoms with Crippen molar-refractivity contribution in [1.29, 1.82) is 0 Å². The Kier molecular flexibility index (Phi) is 5.60. The molecule has 1 aliphatic heterocycles. The number of piperazine rings is 1. The van der Waals surface area contributed by atoms with Crippen LogP contribution in [0.4, 0.5) is 5.69 Å². The molecule has 140 valence electrons. The number of ether oxygens (including phenoxy) is 2. The van der Waals surface area contributed by atoms with E-state index in [9.17, 15) is 8.42 Å². The number of anilines is 1. The monoisotopic (exact) mass is 396 g/mol. The Morgan fingerprint density at radius 3 is 2.15 bits per heavy atom. The Labute approximate surface area is 158 Å². The number of benzene rings is 2. The van der Waals surface area contributed by atoms with Crippen LogP contribution in [0.2, 0.25) is 5.02 Å². The molecule has 3 rings (SSSR count). The van der Waals surface area contributed by atoms with Gasteiger partial charge in [-0.25, -0.2) is 8.42 Å². The second-order valence-electron chi connectivity index (χ2n) is 5.88. The minimum Gasteiger partial charge on any atom is -0.497 e. The van der Waals surface area contributed by atoms with Crippen LogP contribution in [-0.2, 0) is 10.0 Å². The van der Waals surface area contributed by atoms with E-state index in [4.69, 9.17) is 21.1 Å². The van der Waals surface area contributed by atoms with Crippen LogP contribution in [0, 0.1) is 0 Å². The molecule has 0 bridgehead atoms. The van der Waals surface area contributed by atoms with Crippen molar-refractivity contribution in [3.8, 4) is 11.5 Å². The Morgan fingerprint density at radius 1 is 0.923 bits per heavy atom. The molecule has 1 heterocycles. The zero-order valence-corrected chi connectivity index (χ0v) is 16.3. The van der Waals surface area contributed by atoms with E-state index in [0.29, 0.717) is 42.7 Å². The minimum absolute atomic E-state index is 0.124. The van der Waals surface area contributed by atoms with Crippen molar-refractivity contribution in [3.63, 3.8) is 0 Å². The zero-order chi connectivity index (χ0) is 18.7. The highest BCUT2D eigenvalue weighted by molar-refractivity contribution is 7.89. The molecule has 0 aromatic heterocycles. The Hall–Kier alpha value is -1.96. The summed E-state index contributed by atoms with van der Waals surface area (Å²) in [4.78, 5) is 2.27. The summed E-state index contributed by atoms with van der Waals surface area (Å²) in [6, 6.07) is 12.3. The van der Waals surface area contributed by atoms with Gasteiger partial charge in [-0.1, -0.05) is 11.6 Å². The lowest BCUT2D eigenvalue weighted by Gasteiger charge is -2.35. The maximum absolute atomic E-state index is 13.1. The topological polar surface area (TPSA) is 59.1 Å². The molecule has 2 aromatic carbocycles. The van der Waals surface area contributed by atoms with Crippen LogP contribution in [0.25, 0.3) is 0 Å². The van der Waals surface area contributed by atoms with Crippen LogP contribution < -0.4 is 14.4 Å². The molecule has 26 heavy (non-hydrogen) atoms. The van der Waals surface area contributed by atoms with Crippen molar-refractivity contribution in [1.82, 2.24) is 4.31 Å². The Morgan fingerprint density at radius 2 is 1.58 bits per heavy atom. The van der Waals surface area contributed by atoms with Gasteiger partial charge in [0.05, 0.1) is 14.2 Å². The summed E-state index contributed by atoms with van der Waals surface area (Å²) in [6.07, 6.45) is 0. The highest BCUT2D eigenvalue weighted by Crippen LogP contribution is 2.31. The highest BCUT2D eigenvalue weighted by Gasteiger charge is 2.31. The summed E-state index contributed by atoms with van der Waals surface area (Å²) in [6.45, 7) is 2.00. The van der Waals surface area contributed by atoms with Crippen molar-refractivity contribution in [2.24, 2.45) is 0 Å². The van der Waals surface area contributed by atoms with Gasteiger partial charge in [-0.3, -0.25) is 0 Å². The van der Waals surface area contributed by atoms with E-state index in [-0.39, 0.29) is 4.90 Å². The normalized spacial score (nSPS) is 15.7. The predicted molar refractivity (Wildman–Crippen MR) is 102 cm³/mol. The highest BCUT2D eigenvalue weighted by atomic mass is 35.5. The van der Waals surface area contributed by atoms with E-state index in [0.717, 1.165) is 5.69 Å². The van der Waals surface area contributed by atoms with Gasteiger partial charge >= 0.3 is 0 Å². The fraction of sp³-hybridized carbons (Fsp3) is 0.333. The lowest BCUT2D eigenvalue weighted by Crippen LogP contribution is -2.48. The second-order valence-corrected chi connectivity index (χ2v) is 8.23. The number of sulfonamides is 1. The fourth-order valence-corrected chi connectivity index (χ4v) is 4.68. The van der Waals surface area contributed by atoms with Crippen molar-refractivity contribution in [2.75, 3.05) is 45.3 Å². The van der Waals surface area contributed by atoms with Crippen LogP contribution in [0.3, 0.4) is 0 Å². The molecule has 0 aliphatic carbocycles.